The lowest BCUT2D eigenvalue weighted by Gasteiger charge is -2.36. The van der Waals surface area contributed by atoms with Gasteiger partial charge in [-0.05, 0) is 55.3 Å². The molecule has 8 nitrogen and oxygen atoms in total. The fourth-order valence-corrected chi connectivity index (χ4v) is 4.72. The zero-order valence-corrected chi connectivity index (χ0v) is 18.0. The second-order valence-corrected chi connectivity index (χ2v) is 9.42. The van der Waals surface area contributed by atoms with Gasteiger partial charge in [0, 0.05) is 50.6 Å². The molecule has 2 aromatic rings. The number of nitrogens with two attached hydrogens (primary N) is 1. The third-order valence-electron chi connectivity index (χ3n) is 5.90. The van der Waals surface area contributed by atoms with Gasteiger partial charge in [-0.1, -0.05) is 0 Å². The lowest BCUT2D eigenvalue weighted by atomic mass is 10.1. The molecule has 2 N–H and O–H groups in total. The van der Waals surface area contributed by atoms with Crippen molar-refractivity contribution in [1.82, 2.24) is 4.90 Å². The van der Waals surface area contributed by atoms with Crippen LogP contribution in [0.4, 0.5) is 11.4 Å². The molecular formula is C22H25N5O3S. The third kappa shape index (κ3) is 4.50. The van der Waals surface area contributed by atoms with Crippen molar-refractivity contribution < 1.29 is 13.2 Å². The molecular weight excluding hydrogens is 414 g/mol. The Morgan fingerprint density at radius 3 is 2.13 bits per heavy atom. The Kier molecular flexibility index (Phi) is 5.85. The summed E-state index contributed by atoms with van der Waals surface area (Å²) in [7, 11) is -3.90. The van der Waals surface area contributed by atoms with E-state index in [0.717, 1.165) is 37.3 Å². The van der Waals surface area contributed by atoms with Crippen molar-refractivity contribution in [3.05, 3.63) is 53.6 Å². The van der Waals surface area contributed by atoms with Gasteiger partial charge in [-0.2, -0.15) is 5.26 Å². The van der Waals surface area contributed by atoms with E-state index in [2.05, 4.69) is 15.9 Å². The smallest absolute Gasteiger partial charge is 0.256 e. The Labute approximate surface area is 182 Å². The summed E-state index contributed by atoms with van der Waals surface area (Å²) < 4.78 is 23.7. The molecule has 2 saturated heterocycles. The van der Waals surface area contributed by atoms with E-state index in [1.165, 1.54) is 12.1 Å². The Morgan fingerprint density at radius 1 is 0.903 bits per heavy atom. The van der Waals surface area contributed by atoms with Crippen LogP contribution in [0.3, 0.4) is 0 Å². The maximum Gasteiger partial charge on any atom is 0.256 e. The monoisotopic (exact) mass is 439 g/mol. The van der Waals surface area contributed by atoms with Crippen molar-refractivity contribution in [2.24, 2.45) is 5.14 Å². The number of hydrogen-bond acceptors (Lipinski definition) is 6. The van der Waals surface area contributed by atoms with Gasteiger partial charge >= 0.3 is 0 Å². The summed E-state index contributed by atoms with van der Waals surface area (Å²) in [5.41, 5.74) is 2.78. The standard InChI is InChI=1S/C22H25N5O3S/c23-16-17-3-5-18(6-4-17)25-11-13-27(14-12-25)22(28)20-15-19(31(24,29)30)7-8-21(20)26-9-1-2-10-26/h3-8,15H,1-2,9-14H2,(H2,24,29,30). The average Bonchev–Trinajstić information content (AvgIpc) is 3.32. The van der Waals surface area contributed by atoms with E-state index in [1.54, 1.807) is 23.1 Å². The molecule has 0 aliphatic carbocycles. The summed E-state index contributed by atoms with van der Waals surface area (Å²) in [5, 5.41) is 14.3. The molecule has 2 aliphatic heterocycles. The van der Waals surface area contributed by atoms with Crippen LogP contribution in [0.15, 0.2) is 47.4 Å². The number of carbonyl (C=O) groups excluding carboxylic acids is 1. The lowest BCUT2D eigenvalue weighted by molar-refractivity contribution is 0.0747. The number of hydrogen-bond donors (Lipinski definition) is 1. The van der Waals surface area contributed by atoms with Crippen LogP contribution in [0.5, 0.6) is 0 Å². The Balaban J connectivity index is 1.54. The van der Waals surface area contributed by atoms with Gasteiger partial charge in [0.15, 0.2) is 0 Å². The van der Waals surface area contributed by atoms with Crippen molar-refractivity contribution >= 4 is 27.3 Å². The predicted molar refractivity (Wildman–Crippen MR) is 119 cm³/mol. The van der Waals surface area contributed by atoms with E-state index < -0.39 is 10.0 Å². The summed E-state index contributed by atoms with van der Waals surface area (Å²) in [6.45, 7) is 4.07. The number of sulfonamides is 1. The summed E-state index contributed by atoms with van der Waals surface area (Å²) in [6, 6.07) is 14.1. The number of nitriles is 1. The molecule has 4 rings (SSSR count). The van der Waals surface area contributed by atoms with E-state index >= 15 is 0 Å². The van der Waals surface area contributed by atoms with Gasteiger partial charge in [0.1, 0.15) is 0 Å². The molecule has 0 saturated carbocycles. The molecule has 0 bridgehead atoms. The molecule has 162 valence electrons. The largest absolute Gasteiger partial charge is 0.371 e. The fraction of sp³-hybridized carbons (Fsp3) is 0.364. The number of nitrogens with zero attached hydrogens (tertiary/aromatic N) is 4. The van der Waals surface area contributed by atoms with E-state index in [1.807, 2.05) is 12.1 Å². The number of rotatable bonds is 4. The van der Waals surface area contributed by atoms with Gasteiger partial charge < -0.3 is 14.7 Å². The zero-order valence-electron chi connectivity index (χ0n) is 17.2. The Bertz CT molecular complexity index is 1110. The number of benzene rings is 2. The van der Waals surface area contributed by atoms with Crippen molar-refractivity contribution in [3.8, 4) is 6.07 Å². The molecule has 0 atom stereocenters. The Morgan fingerprint density at radius 2 is 1.55 bits per heavy atom. The molecule has 0 radical (unpaired) electrons. The maximum absolute atomic E-state index is 13.4. The van der Waals surface area contributed by atoms with Gasteiger partial charge in [0.05, 0.1) is 22.1 Å². The first-order chi connectivity index (χ1) is 14.9. The van der Waals surface area contributed by atoms with E-state index in [-0.39, 0.29) is 10.8 Å². The second kappa shape index (κ2) is 8.57. The number of carbonyl (C=O) groups is 1. The molecule has 0 unspecified atom stereocenters. The molecule has 31 heavy (non-hydrogen) atoms. The highest BCUT2D eigenvalue weighted by atomic mass is 32.2. The van der Waals surface area contributed by atoms with Gasteiger partial charge in [0.25, 0.3) is 5.91 Å². The van der Waals surface area contributed by atoms with Gasteiger partial charge in [-0.3, -0.25) is 4.79 Å². The lowest BCUT2D eigenvalue weighted by Crippen LogP contribution is -2.49. The van der Waals surface area contributed by atoms with Gasteiger partial charge in [-0.25, -0.2) is 13.6 Å². The van der Waals surface area contributed by atoms with Crippen LogP contribution in [-0.4, -0.2) is 58.5 Å². The van der Waals surface area contributed by atoms with Crippen LogP contribution in [0.1, 0.15) is 28.8 Å². The minimum atomic E-state index is -3.90. The van der Waals surface area contributed by atoms with Crippen LogP contribution >= 0.6 is 0 Å². The molecule has 2 heterocycles. The van der Waals surface area contributed by atoms with Crippen molar-refractivity contribution in [2.75, 3.05) is 49.1 Å². The molecule has 2 fully saturated rings. The summed E-state index contributed by atoms with van der Waals surface area (Å²) in [4.78, 5) is 19.4. The first-order valence-corrected chi connectivity index (χ1v) is 11.9. The highest BCUT2D eigenvalue weighted by Gasteiger charge is 2.27. The number of primary sulfonamides is 1. The molecule has 0 spiro atoms. The maximum atomic E-state index is 13.4. The van der Waals surface area contributed by atoms with E-state index in [9.17, 15) is 13.2 Å². The summed E-state index contributed by atoms with van der Waals surface area (Å²) >= 11 is 0. The van der Waals surface area contributed by atoms with Crippen LogP contribution in [0, 0.1) is 11.3 Å². The molecule has 2 aliphatic rings. The van der Waals surface area contributed by atoms with Gasteiger partial charge in [-0.15, -0.1) is 0 Å². The van der Waals surface area contributed by atoms with Gasteiger partial charge in [0.2, 0.25) is 10.0 Å². The SMILES string of the molecule is N#Cc1ccc(N2CCN(C(=O)c3cc(S(N)(=O)=O)ccc3N3CCCC3)CC2)cc1. The normalized spacial score (nSPS) is 17.0. The van der Waals surface area contributed by atoms with E-state index in [4.69, 9.17) is 10.4 Å². The Hall–Kier alpha value is -3.09. The van der Waals surface area contributed by atoms with Crippen LogP contribution < -0.4 is 14.9 Å². The van der Waals surface area contributed by atoms with Crippen LogP contribution in [0.25, 0.3) is 0 Å². The number of anilines is 2. The molecule has 2 aromatic carbocycles. The predicted octanol–water partition coefficient (Wildman–Crippen LogP) is 1.77. The minimum absolute atomic E-state index is 0.0463. The second-order valence-electron chi connectivity index (χ2n) is 7.86. The number of piperazine rings is 1. The topological polar surface area (TPSA) is 111 Å². The van der Waals surface area contributed by atoms with Crippen LogP contribution in [0.2, 0.25) is 0 Å². The average molecular weight is 440 g/mol. The third-order valence-corrected chi connectivity index (χ3v) is 6.81. The number of amides is 1. The first-order valence-electron chi connectivity index (χ1n) is 10.3. The highest BCUT2D eigenvalue weighted by molar-refractivity contribution is 7.89. The quantitative estimate of drug-likeness (QED) is 0.777. The summed E-state index contributed by atoms with van der Waals surface area (Å²) in [5.74, 6) is -0.174. The zero-order chi connectivity index (χ0) is 22.0. The highest BCUT2D eigenvalue weighted by Crippen LogP contribution is 2.29. The van der Waals surface area contributed by atoms with Crippen molar-refractivity contribution in [2.45, 2.75) is 17.7 Å². The van der Waals surface area contributed by atoms with Crippen molar-refractivity contribution in [3.63, 3.8) is 0 Å². The molecule has 9 heteroatoms. The minimum Gasteiger partial charge on any atom is -0.371 e. The summed E-state index contributed by atoms with van der Waals surface area (Å²) in [6.07, 6.45) is 2.10. The fourth-order valence-electron chi connectivity index (χ4n) is 4.18. The van der Waals surface area contributed by atoms with E-state index in [0.29, 0.717) is 37.3 Å². The van der Waals surface area contributed by atoms with Crippen molar-refractivity contribution in [1.29, 1.82) is 5.26 Å². The molecule has 0 aromatic heterocycles. The van der Waals surface area contributed by atoms with Crippen LogP contribution in [-0.2, 0) is 10.0 Å². The molecule has 1 amide bonds. The first kappa shape index (κ1) is 21.2.